The van der Waals surface area contributed by atoms with Gasteiger partial charge < -0.3 is 15.6 Å². The van der Waals surface area contributed by atoms with E-state index in [1.165, 1.54) is 10.9 Å². The van der Waals surface area contributed by atoms with Crippen LogP contribution in [0.15, 0.2) is 59.2 Å². The van der Waals surface area contributed by atoms with Crippen molar-refractivity contribution in [3.05, 3.63) is 64.8 Å². The number of fused-ring (bicyclic) bond motifs is 1. The molecule has 0 aliphatic carbocycles. The quantitative estimate of drug-likeness (QED) is 0.640. The van der Waals surface area contributed by atoms with Gasteiger partial charge in [-0.05, 0) is 46.1 Å². The van der Waals surface area contributed by atoms with Gasteiger partial charge in [0.1, 0.15) is 0 Å². The van der Waals surface area contributed by atoms with Gasteiger partial charge in [-0.15, -0.1) is 0 Å². The molecule has 0 aliphatic rings. The van der Waals surface area contributed by atoms with Crippen molar-refractivity contribution in [1.82, 2.24) is 10.3 Å². The highest BCUT2D eigenvalue weighted by atomic mass is 79.9. The molecule has 0 aliphatic heterocycles. The van der Waals surface area contributed by atoms with Gasteiger partial charge in [0, 0.05) is 28.1 Å². The fourth-order valence-electron chi connectivity index (χ4n) is 2.38. The predicted molar refractivity (Wildman–Crippen MR) is 93.2 cm³/mol. The Hall–Kier alpha value is -2.27. The highest BCUT2D eigenvalue weighted by Crippen LogP contribution is 2.21. The summed E-state index contributed by atoms with van der Waals surface area (Å²) in [6.45, 7) is 0.581. The second kappa shape index (κ2) is 6.66. The number of amides is 2. The van der Waals surface area contributed by atoms with Gasteiger partial charge >= 0.3 is 6.03 Å². The van der Waals surface area contributed by atoms with Crippen LogP contribution in [0.2, 0.25) is 0 Å². The van der Waals surface area contributed by atoms with E-state index in [2.05, 4.69) is 37.6 Å². The largest absolute Gasteiger partial charge is 0.361 e. The summed E-state index contributed by atoms with van der Waals surface area (Å²) in [4.78, 5) is 15.1. The van der Waals surface area contributed by atoms with Crippen LogP contribution >= 0.6 is 15.9 Å². The maximum absolute atomic E-state index is 11.9. The molecule has 3 N–H and O–H groups in total. The number of nitrogens with one attached hydrogen (secondary N) is 3. The number of carbonyl (C=O) groups is 1. The standard InChI is InChI=1S/C17H16BrN3O/c18-14-6-2-4-8-16(14)21-17(22)19-10-9-12-11-20-15-7-3-1-5-13(12)15/h1-8,11,20H,9-10H2,(H2,19,21,22). The lowest BCUT2D eigenvalue weighted by Crippen LogP contribution is -2.30. The molecule has 5 heteroatoms. The van der Waals surface area contributed by atoms with Crippen LogP contribution in [-0.2, 0) is 6.42 Å². The van der Waals surface area contributed by atoms with Crippen molar-refractivity contribution in [1.29, 1.82) is 0 Å². The number of rotatable bonds is 4. The second-order valence-electron chi connectivity index (χ2n) is 4.97. The Labute approximate surface area is 137 Å². The molecule has 1 aromatic heterocycles. The van der Waals surface area contributed by atoms with Gasteiger partial charge in [0.25, 0.3) is 0 Å². The summed E-state index contributed by atoms with van der Waals surface area (Å²) in [5.74, 6) is 0. The van der Waals surface area contributed by atoms with Crippen molar-refractivity contribution in [2.45, 2.75) is 6.42 Å². The average molecular weight is 358 g/mol. The molecular formula is C17H16BrN3O. The SMILES string of the molecule is O=C(NCCc1c[nH]c2ccccc12)Nc1ccccc1Br. The van der Waals surface area contributed by atoms with Crippen LogP contribution in [0.25, 0.3) is 10.9 Å². The number of hydrogen-bond acceptors (Lipinski definition) is 1. The first kappa shape index (κ1) is 14.7. The fourth-order valence-corrected chi connectivity index (χ4v) is 2.76. The summed E-state index contributed by atoms with van der Waals surface area (Å²) >= 11 is 3.40. The first-order chi connectivity index (χ1) is 10.7. The Morgan fingerprint density at radius 3 is 2.73 bits per heavy atom. The van der Waals surface area contributed by atoms with E-state index in [1.807, 2.05) is 48.7 Å². The highest BCUT2D eigenvalue weighted by Gasteiger charge is 2.06. The van der Waals surface area contributed by atoms with Crippen molar-refractivity contribution in [3.8, 4) is 0 Å². The van der Waals surface area contributed by atoms with E-state index in [0.29, 0.717) is 6.54 Å². The van der Waals surface area contributed by atoms with Gasteiger partial charge in [0.05, 0.1) is 5.69 Å². The van der Waals surface area contributed by atoms with E-state index < -0.39 is 0 Å². The zero-order valence-corrected chi connectivity index (χ0v) is 13.5. The van der Waals surface area contributed by atoms with Crippen LogP contribution in [-0.4, -0.2) is 17.6 Å². The summed E-state index contributed by atoms with van der Waals surface area (Å²) in [6, 6.07) is 15.5. The van der Waals surface area contributed by atoms with Crippen molar-refractivity contribution >= 4 is 38.6 Å². The van der Waals surface area contributed by atoms with E-state index >= 15 is 0 Å². The Kier molecular flexibility index (Phi) is 4.44. The van der Waals surface area contributed by atoms with E-state index in [9.17, 15) is 4.79 Å². The van der Waals surface area contributed by atoms with Crippen LogP contribution in [0.4, 0.5) is 10.5 Å². The minimum absolute atomic E-state index is 0.202. The summed E-state index contributed by atoms with van der Waals surface area (Å²) < 4.78 is 0.863. The Morgan fingerprint density at radius 2 is 1.86 bits per heavy atom. The molecule has 0 bridgehead atoms. The van der Waals surface area contributed by atoms with Crippen LogP contribution < -0.4 is 10.6 Å². The molecule has 0 unspecified atom stereocenters. The van der Waals surface area contributed by atoms with Gasteiger partial charge in [-0.3, -0.25) is 0 Å². The van der Waals surface area contributed by atoms with E-state index in [4.69, 9.17) is 0 Å². The van der Waals surface area contributed by atoms with Crippen LogP contribution in [0.5, 0.6) is 0 Å². The van der Waals surface area contributed by atoms with Crippen molar-refractivity contribution in [3.63, 3.8) is 0 Å². The third-order valence-corrected chi connectivity index (χ3v) is 4.17. The summed E-state index contributed by atoms with van der Waals surface area (Å²) in [6.07, 6.45) is 2.78. The minimum Gasteiger partial charge on any atom is -0.361 e. The molecule has 2 aromatic carbocycles. The molecule has 2 amide bonds. The first-order valence-electron chi connectivity index (χ1n) is 7.08. The molecule has 0 atom stereocenters. The van der Waals surface area contributed by atoms with E-state index in [-0.39, 0.29) is 6.03 Å². The number of aromatic nitrogens is 1. The predicted octanol–water partition coefficient (Wildman–Crippen LogP) is 4.29. The molecular weight excluding hydrogens is 342 g/mol. The van der Waals surface area contributed by atoms with E-state index in [1.54, 1.807) is 0 Å². The molecule has 0 radical (unpaired) electrons. The molecule has 22 heavy (non-hydrogen) atoms. The Bertz CT molecular complexity index is 797. The van der Waals surface area contributed by atoms with Gasteiger partial charge in [-0.2, -0.15) is 0 Å². The fraction of sp³-hybridized carbons (Fsp3) is 0.118. The maximum Gasteiger partial charge on any atom is 0.319 e. The number of benzene rings is 2. The lowest BCUT2D eigenvalue weighted by atomic mass is 10.1. The number of urea groups is 1. The zero-order chi connectivity index (χ0) is 15.4. The first-order valence-corrected chi connectivity index (χ1v) is 7.88. The molecule has 112 valence electrons. The number of carbonyl (C=O) groups excluding carboxylic acids is 1. The molecule has 3 aromatic rings. The Morgan fingerprint density at radius 1 is 1.09 bits per heavy atom. The topological polar surface area (TPSA) is 56.9 Å². The number of anilines is 1. The number of aromatic amines is 1. The molecule has 3 rings (SSSR count). The molecule has 4 nitrogen and oxygen atoms in total. The van der Waals surface area contributed by atoms with Crippen LogP contribution in [0, 0.1) is 0 Å². The van der Waals surface area contributed by atoms with Gasteiger partial charge in [-0.25, -0.2) is 4.79 Å². The van der Waals surface area contributed by atoms with Crippen LogP contribution in [0.3, 0.4) is 0 Å². The number of H-pyrrole nitrogens is 1. The lowest BCUT2D eigenvalue weighted by Gasteiger charge is -2.08. The zero-order valence-electron chi connectivity index (χ0n) is 11.9. The summed E-state index contributed by atoms with van der Waals surface area (Å²) in [7, 11) is 0. The molecule has 0 fully saturated rings. The molecule has 0 saturated heterocycles. The van der Waals surface area contributed by atoms with Crippen LogP contribution in [0.1, 0.15) is 5.56 Å². The molecule has 1 heterocycles. The minimum atomic E-state index is -0.202. The summed E-state index contributed by atoms with van der Waals surface area (Å²) in [5.41, 5.74) is 3.08. The van der Waals surface area contributed by atoms with Gasteiger partial charge in [-0.1, -0.05) is 30.3 Å². The molecule has 0 saturated carbocycles. The highest BCUT2D eigenvalue weighted by molar-refractivity contribution is 9.10. The number of hydrogen-bond donors (Lipinski definition) is 3. The smallest absolute Gasteiger partial charge is 0.319 e. The van der Waals surface area contributed by atoms with Crippen molar-refractivity contribution in [2.24, 2.45) is 0 Å². The second-order valence-corrected chi connectivity index (χ2v) is 5.82. The number of halogens is 1. The van der Waals surface area contributed by atoms with Crippen molar-refractivity contribution in [2.75, 3.05) is 11.9 Å². The van der Waals surface area contributed by atoms with Gasteiger partial charge in [0.15, 0.2) is 0 Å². The number of para-hydroxylation sites is 2. The maximum atomic E-state index is 11.9. The lowest BCUT2D eigenvalue weighted by molar-refractivity contribution is 0.252. The van der Waals surface area contributed by atoms with Crippen molar-refractivity contribution < 1.29 is 4.79 Å². The van der Waals surface area contributed by atoms with E-state index in [0.717, 1.165) is 22.1 Å². The third-order valence-electron chi connectivity index (χ3n) is 3.48. The summed E-state index contributed by atoms with van der Waals surface area (Å²) in [5, 5.41) is 6.90. The average Bonchev–Trinajstić information content (AvgIpc) is 2.93. The third kappa shape index (κ3) is 3.31. The monoisotopic (exact) mass is 357 g/mol. The normalized spacial score (nSPS) is 10.6. The molecule has 0 spiro atoms. The Balaban J connectivity index is 1.55. The van der Waals surface area contributed by atoms with Gasteiger partial charge in [0.2, 0.25) is 0 Å².